The van der Waals surface area contributed by atoms with E-state index in [0.29, 0.717) is 6.54 Å². The third-order valence-corrected chi connectivity index (χ3v) is 3.41. The molecular weight excluding hydrogens is 304 g/mol. The lowest BCUT2D eigenvalue weighted by Crippen LogP contribution is -2.30. The molecule has 1 aromatic carbocycles. The smallest absolute Gasteiger partial charge is 0.146 e. The molecule has 0 aromatic heterocycles. The van der Waals surface area contributed by atoms with Crippen LogP contribution in [0.1, 0.15) is 32.3 Å². The summed E-state index contributed by atoms with van der Waals surface area (Å²) in [6, 6.07) is 2.44. The van der Waals surface area contributed by atoms with Gasteiger partial charge in [-0.15, -0.1) is 0 Å². The van der Waals surface area contributed by atoms with Crippen molar-refractivity contribution < 1.29 is 13.9 Å². The molecule has 18 heavy (non-hydrogen) atoms. The van der Waals surface area contributed by atoms with E-state index in [0.717, 1.165) is 19.0 Å². The van der Waals surface area contributed by atoms with Crippen LogP contribution in [0.2, 0.25) is 0 Å². The van der Waals surface area contributed by atoms with E-state index >= 15 is 0 Å². The van der Waals surface area contributed by atoms with Gasteiger partial charge >= 0.3 is 0 Å². The normalized spacial score (nSPS) is 14.6. The molecule has 0 radical (unpaired) electrons. The van der Waals surface area contributed by atoms with Gasteiger partial charge in [-0.2, -0.15) is 0 Å². The van der Waals surface area contributed by atoms with Gasteiger partial charge in [-0.3, -0.25) is 0 Å². The highest BCUT2D eigenvalue weighted by molar-refractivity contribution is 9.10. The van der Waals surface area contributed by atoms with Crippen LogP contribution in [0.5, 0.6) is 0 Å². The predicted octanol–water partition coefficient (Wildman–Crippen LogP) is 3.32. The summed E-state index contributed by atoms with van der Waals surface area (Å²) in [7, 11) is 0. The van der Waals surface area contributed by atoms with Crippen molar-refractivity contribution in [3.05, 3.63) is 33.8 Å². The number of nitrogens with one attached hydrogen (secondary N) is 1. The minimum atomic E-state index is -1.53. The molecule has 1 unspecified atom stereocenters. The van der Waals surface area contributed by atoms with Crippen LogP contribution < -0.4 is 5.32 Å². The van der Waals surface area contributed by atoms with Crippen LogP contribution >= 0.6 is 15.9 Å². The number of halogens is 3. The summed E-state index contributed by atoms with van der Waals surface area (Å²) < 4.78 is 27.7. The van der Waals surface area contributed by atoms with E-state index in [2.05, 4.69) is 21.2 Å². The Kier molecular flexibility index (Phi) is 5.69. The molecule has 5 heteroatoms. The zero-order chi connectivity index (χ0) is 13.8. The topological polar surface area (TPSA) is 32.3 Å². The second kappa shape index (κ2) is 6.59. The van der Waals surface area contributed by atoms with Crippen molar-refractivity contribution in [3.8, 4) is 0 Å². The molecule has 1 atom stereocenters. The molecule has 102 valence electrons. The van der Waals surface area contributed by atoms with E-state index < -0.39 is 17.2 Å². The van der Waals surface area contributed by atoms with Crippen molar-refractivity contribution in [2.24, 2.45) is 0 Å². The first kappa shape index (κ1) is 15.5. The molecule has 0 bridgehead atoms. The van der Waals surface area contributed by atoms with E-state index in [1.807, 2.05) is 6.92 Å². The quantitative estimate of drug-likeness (QED) is 0.622. The summed E-state index contributed by atoms with van der Waals surface area (Å²) in [6.45, 7) is 4.78. The Balaban J connectivity index is 2.87. The van der Waals surface area contributed by atoms with Crippen LogP contribution in [0.4, 0.5) is 8.78 Å². The van der Waals surface area contributed by atoms with E-state index in [4.69, 9.17) is 0 Å². The fraction of sp³-hybridized carbons (Fsp3) is 0.538. The molecular formula is C13H18BrF2NO. The minimum Gasteiger partial charge on any atom is -0.385 e. The molecule has 2 nitrogen and oxygen atoms in total. The first-order chi connectivity index (χ1) is 8.40. The Morgan fingerprint density at radius 3 is 2.61 bits per heavy atom. The van der Waals surface area contributed by atoms with E-state index in [9.17, 15) is 13.9 Å². The Labute approximate surface area is 115 Å². The molecule has 0 amide bonds. The molecule has 2 N–H and O–H groups in total. The van der Waals surface area contributed by atoms with Crippen LogP contribution in [-0.2, 0) is 5.60 Å². The highest BCUT2D eigenvalue weighted by Crippen LogP contribution is 2.32. The molecule has 0 aliphatic heterocycles. The van der Waals surface area contributed by atoms with Crippen LogP contribution in [-0.4, -0.2) is 18.2 Å². The summed E-state index contributed by atoms with van der Waals surface area (Å²) in [5.41, 5.74) is -1.81. The lowest BCUT2D eigenvalue weighted by Gasteiger charge is -2.25. The zero-order valence-corrected chi connectivity index (χ0v) is 12.2. The maximum atomic E-state index is 13.9. The van der Waals surface area contributed by atoms with Gasteiger partial charge in [0.05, 0.1) is 15.6 Å². The molecule has 0 fully saturated rings. The summed E-state index contributed by atoms with van der Waals surface area (Å²) in [5, 5.41) is 13.3. The molecule has 0 aliphatic carbocycles. The van der Waals surface area contributed by atoms with Gasteiger partial charge in [0, 0.05) is 0 Å². The maximum absolute atomic E-state index is 13.9. The molecule has 0 heterocycles. The number of hydrogen-bond donors (Lipinski definition) is 2. The van der Waals surface area contributed by atoms with Crippen molar-refractivity contribution in [3.63, 3.8) is 0 Å². The second-order valence-electron chi connectivity index (χ2n) is 4.49. The lowest BCUT2D eigenvalue weighted by atomic mass is 9.91. The Morgan fingerprint density at radius 2 is 2.00 bits per heavy atom. The Hall–Kier alpha value is -0.520. The third-order valence-electron chi connectivity index (χ3n) is 2.80. The standard InChI is InChI=1S/C13H18BrF2NO/c1-3-7-17-8-6-13(2,18)11-10(15)5-4-9(14)12(11)16/h4-5,17-18H,3,6-8H2,1-2H3. The van der Waals surface area contributed by atoms with Crippen LogP contribution in [0.3, 0.4) is 0 Å². The first-order valence-electron chi connectivity index (χ1n) is 5.97. The average Bonchev–Trinajstić information content (AvgIpc) is 2.30. The fourth-order valence-corrected chi connectivity index (χ4v) is 2.11. The van der Waals surface area contributed by atoms with Gasteiger partial charge in [-0.25, -0.2) is 8.78 Å². The van der Waals surface area contributed by atoms with Gasteiger partial charge < -0.3 is 10.4 Å². The number of aliphatic hydroxyl groups is 1. The monoisotopic (exact) mass is 321 g/mol. The first-order valence-corrected chi connectivity index (χ1v) is 6.76. The number of hydrogen-bond acceptors (Lipinski definition) is 2. The van der Waals surface area contributed by atoms with Crippen molar-refractivity contribution in [1.29, 1.82) is 0 Å². The van der Waals surface area contributed by atoms with Gasteiger partial charge in [0.25, 0.3) is 0 Å². The van der Waals surface area contributed by atoms with Crippen molar-refractivity contribution in [1.82, 2.24) is 5.32 Å². The van der Waals surface area contributed by atoms with Crippen molar-refractivity contribution >= 4 is 15.9 Å². The summed E-state index contributed by atoms with van der Waals surface area (Å²) >= 11 is 3.00. The molecule has 0 spiro atoms. The van der Waals surface area contributed by atoms with Crippen LogP contribution in [0.15, 0.2) is 16.6 Å². The Bertz CT molecular complexity index is 410. The summed E-state index contributed by atoms with van der Waals surface area (Å²) in [4.78, 5) is 0. The Morgan fingerprint density at radius 1 is 1.33 bits per heavy atom. The third kappa shape index (κ3) is 3.73. The molecule has 1 aromatic rings. The van der Waals surface area contributed by atoms with E-state index in [1.54, 1.807) is 0 Å². The van der Waals surface area contributed by atoms with Gasteiger partial charge in [-0.1, -0.05) is 6.92 Å². The number of benzene rings is 1. The van der Waals surface area contributed by atoms with Crippen molar-refractivity contribution in [2.75, 3.05) is 13.1 Å². The second-order valence-corrected chi connectivity index (χ2v) is 5.35. The summed E-state index contributed by atoms with van der Waals surface area (Å²) in [5.74, 6) is -1.47. The minimum absolute atomic E-state index is 0.153. The molecule has 0 aliphatic rings. The highest BCUT2D eigenvalue weighted by Gasteiger charge is 2.30. The van der Waals surface area contributed by atoms with Crippen molar-refractivity contribution in [2.45, 2.75) is 32.3 Å². The molecule has 0 saturated heterocycles. The lowest BCUT2D eigenvalue weighted by molar-refractivity contribution is 0.0403. The van der Waals surface area contributed by atoms with Gasteiger partial charge in [0.2, 0.25) is 0 Å². The molecule has 1 rings (SSSR count). The molecule has 0 saturated carbocycles. The van der Waals surface area contributed by atoms with Crippen LogP contribution in [0, 0.1) is 11.6 Å². The maximum Gasteiger partial charge on any atom is 0.146 e. The SMILES string of the molecule is CCCNCCC(C)(O)c1c(F)ccc(Br)c1F. The van der Waals surface area contributed by atoms with Gasteiger partial charge in [0.1, 0.15) is 11.6 Å². The average molecular weight is 322 g/mol. The van der Waals surface area contributed by atoms with Crippen LogP contribution in [0.25, 0.3) is 0 Å². The largest absolute Gasteiger partial charge is 0.385 e. The van der Waals surface area contributed by atoms with Gasteiger partial charge in [-0.05, 0) is 60.9 Å². The highest BCUT2D eigenvalue weighted by atomic mass is 79.9. The van der Waals surface area contributed by atoms with E-state index in [1.165, 1.54) is 13.0 Å². The zero-order valence-electron chi connectivity index (χ0n) is 10.6. The summed E-state index contributed by atoms with van der Waals surface area (Å²) in [6.07, 6.45) is 1.22. The number of rotatable bonds is 6. The predicted molar refractivity (Wildman–Crippen MR) is 71.4 cm³/mol. The van der Waals surface area contributed by atoms with Gasteiger partial charge in [0.15, 0.2) is 0 Å². The fourth-order valence-electron chi connectivity index (χ4n) is 1.78. The van der Waals surface area contributed by atoms with E-state index in [-0.39, 0.29) is 16.5 Å².